The SMILES string of the molecule is Bc1cc(C(C)C)ccc1C(C)CC. The van der Waals surface area contributed by atoms with E-state index in [-0.39, 0.29) is 0 Å². The van der Waals surface area contributed by atoms with Gasteiger partial charge in [0.2, 0.25) is 0 Å². The predicted octanol–water partition coefficient (Wildman–Crippen LogP) is 2.58. The van der Waals surface area contributed by atoms with Gasteiger partial charge in [-0.2, -0.15) is 0 Å². The van der Waals surface area contributed by atoms with Crippen molar-refractivity contribution in [2.45, 2.75) is 46.0 Å². The number of rotatable bonds is 3. The van der Waals surface area contributed by atoms with Crippen molar-refractivity contribution in [3.8, 4) is 0 Å². The minimum absolute atomic E-state index is 0.639. The summed E-state index contributed by atoms with van der Waals surface area (Å²) < 4.78 is 0. The summed E-state index contributed by atoms with van der Waals surface area (Å²) in [5, 5.41) is 0. The van der Waals surface area contributed by atoms with Gasteiger partial charge in [0.05, 0.1) is 0 Å². The molecule has 0 aliphatic heterocycles. The summed E-state index contributed by atoms with van der Waals surface area (Å²) in [5.74, 6) is 1.33. The second-order valence-electron chi connectivity index (χ2n) is 4.58. The van der Waals surface area contributed by atoms with Crippen LogP contribution in [0.5, 0.6) is 0 Å². The zero-order chi connectivity index (χ0) is 10.7. The first-order valence-electron chi connectivity index (χ1n) is 5.66. The Kier molecular flexibility index (Phi) is 3.80. The molecule has 0 spiro atoms. The van der Waals surface area contributed by atoms with Crippen LogP contribution in [0.15, 0.2) is 18.2 Å². The van der Waals surface area contributed by atoms with E-state index in [4.69, 9.17) is 0 Å². The van der Waals surface area contributed by atoms with Crippen molar-refractivity contribution in [1.82, 2.24) is 0 Å². The molecular weight excluding hydrogens is 167 g/mol. The third-order valence-corrected chi connectivity index (χ3v) is 3.10. The molecule has 1 rings (SSSR count). The van der Waals surface area contributed by atoms with Gasteiger partial charge in [-0.3, -0.25) is 0 Å². The molecule has 76 valence electrons. The summed E-state index contributed by atoms with van der Waals surface area (Å²) in [6.07, 6.45) is 1.22. The fourth-order valence-corrected chi connectivity index (χ4v) is 1.83. The van der Waals surface area contributed by atoms with Crippen molar-refractivity contribution in [3.05, 3.63) is 29.3 Å². The topological polar surface area (TPSA) is 0 Å². The van der Waals surface area contributed by atoms with Gasteiger partial charge in [-0.15, -0.1) is 0 Å². The first-order valence-corrected chi connectivity index (χ1v) is 5.66. The highest BCUT2D eigenvalue weighted by Gasteiger charge is 2.07. The Morgan fingerprint density at radius 1 is 1.21 bits per heavy atom. The highest BCUT2D eigenvalue weighted by Crippen LogP contribution is 2.19. The molecule has 0 amide bonds. The van der Waals surface area contributed by atoms with E-state index in [9.17, 15) is 0 Å². The Balaban J connectivity index is 3.01. The quantitative estimate of drug-likeness (QED) is 0.639. The Labute approximate surface area is 89.1 Å². The number of benzene rings is 1. The van der Waals surface area contributed by atoms with Crippen LogP contribution in [0.1, 0.15) is 57.1 Å². The van der Waals surface area contributed by atoms with Gasteiger partial charge in [0.15, 0.2) is 0 Å². The maximum Gasteiger partial charge on any atom is 0.139 e. The molecule has 0 aliphatic carbocycles. The Hall–Kier alpha value is -0.715. The predicted molar refractivity (Wildman–Crippen MR) is 67.4 cm³/mol. The van der Waals surface area contributed by atoms with Crippen molar-refractivity contribution in [3.63, 3.8) is 0 Å². The molecule has 1 atom stereocenters. The lowest BCUT2D eigenvalue weighted by Gasteiger charge is -2.15. The van der Waals surface area contributed by atoms with Crippen LogP contribution >= 0.6 is 0 Å². The highest BCUT2D eigenvalue weighted by atomic mass is 14.1. The van der Waals surface area contributed by atoms with Crippen molar-refractivity contribution in [1.29, 1.82) is 0 Å². The molecule has 0 radical (unpaired) electrons. The van der Waals surface area contributed by atoms with E-state index in [1.165, 1.54) is 23.0 Å². The van der Waals surface area contributed by atoms with Crippen molar-refractivity contribution >= 4 is 13.3 Å². The lowest BCUT2D eigenvalue weighted by Crippen LogP contribution is -2.13. The average Bonchev–Trinajstić information content (AvgIpc) is 2.16. The molecular formula is C13H21B. The summed E-state index contributed by atoms with van der Waals surface area (Å²) >= 11 is 0. The summed E-state index contributed by atoms with van der Waals surface area (Å²) in [6.45, 7) is 9.05. The molecule has 14 heavy (non-hydrogen) atoms. The van der Waals surface area contributed by atoms with Gasteiger partial charge in [-0.1, -0.05) is 56.9 Å². The maximum atomic E-state index is 2.34. The summed E-state index contributed by atoms with van der Waals surface area (Å²) in [6, 6.07) is 6.92. The zero-order valence-electron chi connectivity index (χ0n) is 10.1. The number of hydrogen-bond donors (Lipinski definition) is 0. The van der Waals surface area contributed by atoms with Crippen LogP contribution in [0.2, 0.25) is 0 Å². The molecule has 0 aliphatic rings. The lowest BCUT2D eigenvalue weighted by atomic mass is 9.81. The van der Waals surface area contributed by atoms with Crippen molar-refractivity contribution in [2.75, 3.05) is 0 Å². The molecule has 1 heteroatoms. The first kappa shape index (κ1) is 11.4. The fourth-order valence-electron chi connectivity index (χ4n) is 1.83. The molecule has 0 fully saturated rings. The molecule has 0 heterocycles. The summed E-state index contributed by atoms with van der Waals surface area (Å²) in [7, 11) is 2.23. The minimum Gasteiger partial charge on any atom is -0.0853 e. The maximum absolute atomic E-state index is 2.34. The molecule has 1 aromatic carbocycles. The lowest BCUT2D eigenvalue weighted by molar-refractivity contribution is 0.736. The first-order chi connectivity index (χ1) is 6.56. The monoisotopic (exact) mass is 188 g/mol. The standard InChI is InChI=1S/C13H21B/c1-5-10(4)12-7-6-11(9(2)3)8-13(12)14/h6-10H,5,14H2,1-4H3. The second kappa shape index (κ2) is 4.68. The molecule has 0 bridgehead atoms. The molecule has 1 aromatic rings. The third-order valence-electron chi connectivity index (χ3n) is 3.10. The van der Waals surface area contributed by atoms with E-state index in [1.54, 1.807) is 0 Å². The van der Waals surface area contributed by atoms with E-state index >= 15 is 0 Å². The van der Waals surface area contributed by atoms with E-state index in [0.717, 1.165) is 0 Å². The van der Waals surface area contributed by atoms with Crippen LogP contribution < -0.4 is 5.46 Å². The van der Waals surface area contributed by atoms with Gasteiger partial charge < -0.3 is 0 Å². The van der Waals surface area contributed by atoms with Crippen molar-refractivity contribution < 1.29 is 0 Å². The van der Waals surface area contributed by atoms with Gasteiger partial charge in [-0.05, 0) is 23.8 Å². The molecule has 0 saturated carbocycles. The smallest absolute Gasteiger partial charge is 0.0853 e. The van der Waals surface area contributed by atoms with Gasteiger partial charge >= 0.3 is 0 Å². The van der Waals surface area contributed by atoms with Crippen LogP contribution in [-0.4, -0.2) is 7.85 Å². The second-order valence-corrected chi connectivity index (χ2v) is 4.58. The van der Waals surface area contributed by atoms with Gasteiger partial charge in [-0.25, -0.2) is 0 Å². The van der Waals surface area contributed by atoms with Gasteiger partial charge in [0, 0.05) is 0 Å². The van der Waals surface area contributed by atoms with E-state index in [1.807, 2.05) is 0 Å². The van der Waals surface area contributed by atoms with Crippen molar-refractivity contribution in [2.24, 2.45) is 0 Å². The summed E-state index contributed by atoms with van der Waals surface area (Å²) in [5.41, 5.74) is 4.41. The fraction of sp³-hybridized carbons (Fsp3) is 0.538. The van der Waals surface area contributed by atoms with Crippen LogP contribution in [0.4, 0.5) is 0 Å². The molecule has 0 nitrogen and oxygen atoms in total. The average molecular weight is 188 g/mol. The van der Waals surface area contributed by atoms with Crippen LogP contribution in [0, 0.1) is 0 Å². The Morgan fingerprint density at radius 2 is 1.86 bits per heavy atom. The van der Waals surface area contributed by atoms with Gasteiger partial charge in [0.25, 0.3) is 0 Å². The molecule has 1 unspecified atom stereocenters. The van der Waals surface area contributed by atoms with Crippen LogP contribution in [0.3, 0.4) is 0 Å². The van der Waals surface area contributed by atoms with E-state index in [2.05, 4.69) is 53.7 Å². The third kappa shape index (κ3) is 2.40. The number of hydrogen-bond acceptors (Lipinski definition) is 0. The van der Waals surface area contributed by atoms with E-state index in [0.29, 0.717) is 11.8 Å². The van der Waals surface area contributed by atoms with Crippen LogP contribution in [-0.2, 0) is 0 Å². The van der Waals surface area contributed by atoms with Gasteiger partial charge in [0.1, 0.15) is 7.85 Å². The Bertz CT molecular complexity index is 302. The minimum atomic E-state index is 0.639. The molecule has 0 aromatic heterocycles. The molecule has 0 N–H and O–H groups in total. The highest BCUT2D eigenvalue weighted by molar-refractivity contribution is 6.33. The Morgan fingerprint density at radius 3 is 2.29 bits per heavy atom. The van der Waals surface area contributed by atoms with E-state index < -0.39 is 0 Å². The normalized spacial score (nSPS) is 13.2. The zero-order valence-corrected chi connectivity index (χ0v) is 10.1. The largest absolute Gasteiger partial charge is 0.139 e. The van der Waals surface area contributed by atoms with Crippen LogP contribution in [0.25, 0.3) is 0 Å². The summed E-state index contributed by atoms with van der Waals surface area (Å²) in [4.78, 5) is 0. The molecule has 0 saturated heterocycles.